The maximum absolute atomic E-state index is 12.4. The Hall–Kier alpha value is -2.13. The van der Waals surface area contributed by atoms with Crippen molar-refractivity contribution in [3.05, 3.63) is 71.3 Å². The van der Waals surface area contributed by atoms with Crippen LogP contribution in [0.2, 0.25) is 0 Å². The second-order valence-corrected chi connectivity index (χ2v) is 5.34. The minimum absolute atomic E-state index is 0.0308. The fourth-order valence-electron chi connectivity index (χ4n) is 2.33. The Kier molecular flexibility index (Phi) is 5.12. The van der Waals surface area contributed by atoms with Crippen molar-refractivity contribution in [3.63, 3.8) is 0 Å². The van der Waals surface area contributed by atoms with Crippen LogP contribution in [0.1, 0.15) is 35.6 Å². The molecule has 0 fully saturated rings. The zero-order chi connectivity index (χ0) is 15.2. The largest absolute Gasteiger partial charge is 0.349 e. The van der Waals surface area contributed by atoms with E-state index in [-0.39, 0.29) is 17.9 Å². The Balaban J connectivity index is 2.07. The number of hydrogen-bond donors (Lipinski definition) is 2. The van der Waals surface area contributed by atoms with E-state index in [9.17, 15) is 4.79 Å². The third kappa shape index (κ3) is 3.92. The van der Waals surface area contributed by atoms with Crippen LogP contribution in [0.5, 0.6) is 0 Å². The maximum Gasteiger partial charge on any atom is 0.229 e. The van der Waals surface area contributed by atoms with E-state index in [2.05, 4.69) is 17.4 Å². The number of nitrogens with two attached hydrogens (primary N) is 1. The summed E-state index contributed by atoms with van der Waals surface area (Å²) in [5.41, 5.74) is 9.04. The summed E-state index contributed by atoms with van der Waals surface area (Å²) < 4.78 is 0. The van der Waals surface area contributed by atoms with Crippen LogP contribution < -0.4 is 11.1 Å². The Morgan fingerprint density at radius 3 is 2.24 bits per heavy atom. The quantitative estimate of drug-likeness (QED) is 0.886. The molecule has 2 rings (SSSR count). The summed E-state index contributed by atoms with van der Waals surface area (Å²) in [7, 11) is 0. The van der Waals surface area contributed by atoms with Gasteiger partial charge in [-0.2, -0.15) is 0 Å². The molecular formula is C18H22N2O. The van der Waals surface area contributed by atoms with Crippen LogP contribution in [-0.2, 0) is 4.79 Å². The topological polar surface area (TPSA) is 55.1 Å². The van der Waals surface area contributed by atoms with E-state index < -0.39 is 0 Å². The highest BCUT2D eigenvalue weighted by atomic mass is 16.1. The SMILES string of the molecule is Cc1ccc([C@H](C)NC(=O)C(CN)c2ccccc2)cc1. The lowest BCUT2D eigenvalue weighted by Gasteiger charge is -2.20. The molecule has 21 heavy (non-hydrogen) atoms. The molecule has 0 aromatic heterocycles. The molecule has 0 aliphatic carbocycles. The first-order valence-electron chi connectivity index (χ1n) is 7.23. The number of carbonyl (C=O) groups excluding carboxylic acids is 1. The van der Waals surface area contributed by atoms with Gasteiger partial charge in [0.05, 0.1) is 12.0 Å². The molecule has 3 heteroatoms. The van der Waals surface area contributed by atoms with Gasteiger partial charge < -0.3 is 11.1 Å². The van der Waals surface area contributed by atoms with Gasteiger partial charge in [0.25, 0.3) is 0 Å². The van der Waals surface area contributed by atoms with Crippen LogP contribution in [0.25, 0.3) is 0 Å². The molecule has 1 unspecified atom stereocenters. The molecule has 2 aromatic rings. The van der Waals surface area contributed by atoms with Gasteiger partial charge >= 0.3 is 0 Å². The molecule has 3 nitrogen and oxygen atoms in total. The summed E-state index contributed by atoms with van der Waals surface area (Å²) in [6.45, 7) is 4.34. The smallest absolute Gasteiger partial charge is 0.229 e. The first kappa shape index (κ1) is 15.3. The van der Waals surface area contributed by atoms with E-state index >= 15 is 0 Å². The normalized spacial score (nSPS) is 13.5. The number of amides is 1. The summed E-state index contributed by atoms with van der Waals surface area (Å²) in [5, 5.41) is 3.05. The molecule has 0 heterocycles. The molecule has 2 atom stereocenters. The first-order valence-corrected chi connectivity index (χ1v) is 7.23. The van der Waals surface area contributed by atoms with Crippen molar-refractivity contribution >= 4 is 5.91 Å². The molecule has 0 radical (unpaired) electrons. The van der Waals surface area contributed by atoms with Gasteiger partial charge in [0.15, 0.2) is 0 Å². The van der Waals surface area contributed by atoms with Gasteiger partial charge in [0, 0.05) is 6.54 Å². The molecule has 0 saturated carbocycles. The van der Waals surface area contributed by atoms with Gasteiger partial charge in [0.1, 0.15) is 0 Å². The lowest BCUT2D eigenvalue weighted by atomic mass is 9.97. The van der Waals surface area contributed by atoms with Crippen LogP contribution in [0, 0.1) is 6.92 Å². The van der Waals surface area contributed by atoms with Crippen molar-refractivity contribution in [2.45, 2.75) is 25.8 Å². The highest BCUT2D eigenvalue weighted by molar-refractivity contribution is 5.84. The number of rotatable bonds is 5. The summed E-state index contributed by atoms with van der Waals surface area (Å²) in [6.07, 6.45) is 0. The molecule has 0 spiro atoms. The zero-order valence-electron chi connectivity index (χ0n) is 12.5. The van der Waals surface area contributed by atoms with Gasteiger partial charge in [-0.1, -0.05) is 60.2 Å². The van der Waals surface area contributed by atoms with Crippen molar-refractivity contribution in [2.24, 2.45) is 5.73 Å². The van der Waals surface area contributed by atoms with Crippen LogP contribution in [0.15, 0.2) is 54.6 Å². The highest BCUT2D eigenvalue weighted by Crippen LogP contribution is 2.18. The van der Waals surface area contributed by atoms with Gasteiger partial charge in [-0.3, -0.25) is 4.79 Å². The molecule has 1 amide bonds. The number of hydrogen-bond acceptors (Lipinski definition) is 2. The molecule has 0 aliphatic rings. The molecule has 2 aromatic carbocycles. The average Bonchev–Trinajstić information content (AvgIpc) is 2.49. The van der Waals surface area contributed by atoms with Crippen molar-refractivity contribution < 1.29 is 4.79 Å². The van der Waals surface area contributed by atoms with Gasteiger partial charge in [-0.05, 0) is 25.0 Å². The van der Waals surface area contributed by atoms with E-state index in [4.69, 9.17) is 5.73 Å². The van der Waals surface area contributed by atoms with Crippen molar-refractivity contribution in [2.75, 3.05) is 6.54 Å². The number of carbonyl (C=O) groups is 1. The third-order valence-electron chi connectivity index (χ3n) is 3.69. The van der Waals surface area contributed by atoms with Gasteiger partial charge in [-0.25, -0.2) is 0 Å². The van der Waals surface area contributed by atoms with Crippen LogP contribution in [0.3, 0.4) is 0 Å². The van der Waals surface area contributed by atoms with Crippen LogP contribution >= 0.6 is 0 Å². The second-order valence-electron chi connectivity index (χ2n) is 5.34. The number of nitrogens with one attached hydrogen (secondary N) is 1. The minimum Gasteiger partial charge on any atom is -0.349 e. The standard InChI is InChI=1S/C18H22N2O/c1-13-8-10-15(11-9-13)14(2)20-18(21)17(12-19)16-6-4-3-5-7-16/h3-11,14,17H,12,19H2,1-2H3,(H,20,21)/t14-,17?/m0/s1. The minimum atomic E-state index is -0.306. The van der Waals surface area contributed by atoms with Crippen LogP contribution in [-0.4, -0.2) is 12.5 Å². The summed E-state index contributed by atoms with van der Waals surface area (Å²) in [5.74, 6) is -0.337. The van der Waals surface area contributed by atoms with E-state index in [0.717, 1.165) is 11.1 Å². The third-order valence-corrected chi connectivity index (χ3v) is 3.69. The predicted octanol–water partition coefficient (Wildman–Crippen LogP) is 2.91. The summed E-state index contributed by atoms with van der Waals surface area (Å²) in [6, 6.07) is 17.8. The van der Waals surface area contributed by atoms with E-state index in [1.807, 2.05) is 56.3 Å². The molecule has 110 valence electrons. The monoisotopic (exact) mass is 282 g/mol. The Morgan fingerprint density at radius 2 is 1.67 bits per heavy atom. The zero-order valence-corrected chi connectivity index (χ0v) is 12.5. The molecular weight excluding hydrogens is 260 g/mol. The van der Waals surface area contributed by atoms with Crippen molar-refractivity contribution in [3.8, 4) is 0 Å². The summed E-state index contributed by atoms with van der Waals surface area (Å²) >= 11 is 0. The van der Waals surface area contributed by atoms with E-state index in [0.29, 0.717) is 6.54 Å². The fourth-order valence-corrected chi connectivity index (χ4v) is 2.33. The highest BCUT2D eigenvalue weighted by Gasteiger charge is 2.20. The lowest BCUT2D eigenvalue weighted by molar-refractivity contribution is -0.123. The number of aryl methyl sites for hydroxylation is 1. The molecule has 3 N–H and O–H groups in total. The number of benzene rings is 2. The van der Waals surface area contributed by atoms with Crippen LogP contribution in [0.4, 0.5) is 0 Å². The van der Waals surface area contributed by atoms with Crippen molar-refractivity contribution in [1.82, 2.24) is 5.32 Å². The van der Waals surface area contributed by atoms with Gasteiger partial charge in [0.2, 0.25) is 5.91 Å². The van der Waals surface area contributed by atoms with E-state index in [1.54, 1.807) is 0 Å². The fraction of sp³-hybridized carbons (Fsp3) is 0.278. The predicted molar refractivity (Wildman–Crippen MR) is 86.0 cm³/mol. The lowest BCUT2D eigenvalue weighted by Crippen LogP contribution is -2.35. The average molecular weight is 282 g/mol. The second kappa shape index (κ2) is 7.04. The Morgan fingerprint density at radius 1 is 1.05 bits per heavy atom. The summed E-state index contributed by atoms with van der Waals surface area (Å²) in [4.78, 5) is 12.4. The molecule has 0 bridgehead atoms. The Bertz CT molecular complexity index is 578. The van der Waals surface area contributed by atoms with Gasteiger partial charge in [-0.15, -0.1) is 0 Å². The Labute approximate surface area is 126 Å². The van der Waals surface area contributed by atoms with E-state index in [1.165, 1.54) is 5.56 Å². The molecule has 0 saturated heterocycles. The maximum atomic E-state index is 12.4. The van der Waals surface area contributed by atoms with Crippen molar-refractivity contribution in [1.29, 1.82) is 0 Å². The first-order chi connectivity index (χ1) is 10.1. The molecule has 0 aliphatic heterocycles.